The number of nitrogens with two attached hydrogens (primary N) is 1. The van der Waals surface area contributed by atoms with Crippen LogP contribution in [-0.2, 0) is 0 Å². The minimum absolute atomic E-state index is 0.0538. The molecule has 0 amide bonds. The molecule has 0 spiro atoms. The molecule has 0 saturated heterocycles. The number of anilines is 1. The van der Waals surface area contributed by atoms with Gasteiger partial charge >= 0.3 is 25.3 Å². The Balaban J connectivity index is 0.000000144. The number of ether oxygens (including phenoxy) is 3. The third-order valence-electron chi connectivity index (χ3n) is 9.39. The number of nitrogen functional groups attached to an aromatic ring is 1. The Morgan fingerprint density at radius 2 is 0.758 bits per heavy atom. The fraction of sp³-hybridized carbons (Fsp3) is 0.0667. The lowest BCUT2D eigenvalue weighted by Gasteiger charge is -2.07. The number of nitrogens with zero attached hydrogens (tertiary/aromatic N) is 6. The number of halogens is 4. The van der Waals surface area contributed by atoms with Gasteiger partial charge in [0.2, 0.25) is 11.5 Å². The molecule has 8 N–H and O–H groups in total. The predicted molar refractivity (Wildman–Crippen MR) is 268 cm³/mol. The topological polar surface area (TPSA) is 234 Å². The number of phenols is 4. The molecule has 0 saturated carbocycles. The Labute approximate surface area is 409 Å². The van der Waals surface area contributed by atoms with Crippen molar-refractivity contribution in [3.63, 3.8) is 0 Å². The highest BCUT2D eigenvalue weighted by Crippen LogP contribution is 2.31. The molecule has 7 aromatic carbocycles. The van der Waals surface area contributed by atoms with E-state index in [4.69, 9.17) is 19.9 Å². The minimum Gasteiger partial charge on any atom is -0.506 e. The number of para-hydroxylation sites is 6. The number of phenolic OH excluding ortho intramolecular Hbond substituents is 4. The lowest BCUT2D eigenvalue weighted by molar-refractivity contribution is -0.895. The molecule has 21 heteroatoms. The summed E-state index contributed by atoms with van der Waals surface area (Å²) < 4.78 is 18.1. The predicted octanol–water partition coefficient (Wildman–Crippen LogP) is 9.64. The summed E-state index contributed by atoms with van der Waals surface area (Å²) in [4.78, 5) is 17.7. The van der Waals surface area contributed by atoms with Gasteiger partial charge in [0, 0.05) is 27.3 Å². The standard InChI is InChI=1S/C14H12N2O2.C12H8N2O4.C12H8N2O2.C7H8BrNO.BBr3/c1-17-11-7-3-5-9-13(11)15-10-6-4-8-12(18-2)14(10)16-9;15-9-5-1-3-7-11(9)14(18)8-4-2-6-10(16)12(8)13(7)17;15-9-5-1-3-7-11(9)14-8-4-2-6-10(16)12(8)13-7;1-10-6-4-2-3-5(9)7(6)8;2-1(3)4/h3-8H,1-2H3;1-6,17H,(H-,15,16,18);1-6,15-16H;2-4H,9H2,1H3;/p+2. The lowest BCUT2D eigenvalue weighted by atomic mass is 10.2. The van der Waals surface area contributed by atoms with Gasteiger partial charge in [0.1, 0.15) is 50.8 Å². The molecule has 3 heterocycles. The highest BCUT2D eigenvalue weighted by atomic mass is 79.9. The molecular formula is C45H38BBr4N7O9+2. The van der Waals surface area contributed by atoms with Crippen molar-refractivity contribution < 1.29 is 54.5 Å². The largest absolute Gasteiger partial charge is 0.506 e. The first-order valence-electron chi connectivity index (χ1n) is 19.2. The van der Waals surface area contributed by atoms with Gasteiger partial charge < -0.3 is 40.4 Å². The van der Waals surface area contributed by atoms with Crippen LogP contribution in [0.5, 0.6) is 40.2 Å². The van der Waals surface area contributed by atoms with Gasteiger partial charge in [-0.15, -0.1) is 47.3 Å². The highest BCUT2D eigenvalue weighted by Gasteiger charge is 2.32. The van der Waals surface area contributed by atoms with Gasteiger partial charge in [-0.2, -0.15) is 0 Å². The summed E-state index contributed by atoms with van der Waals surface area (Å²) in [6.45, 7) is 0. The van der Waals surface area contributed by atoms with E-state index in [9.17, 15) is 30.8 Å². The van der Waals surface area contributed by atoms with Crippen LogP contribution in [-0.4, -0.2) is 75.3 Å². The summed E-state index contributed by atoms with van der Waals surface area (Å²) in [7, 11) is 4.87. The van der Waals surface area contributed by atoms with Crippen LogP contribution < -0.4 is 29.4 Å². The van der Waals surface area contributed by atoms with E-state index in [1.54, 1.807) is 57.7 Å². The molecule has 0 bridgehead atoms. The Kier molecular flexibility index (Phi) is 16.3. The minimum atomic E-state index is -0.178. The van der Waals surface area contributed by atoms with E-state index in [0.29, 0.717) is 27.8 Å². The first-order valence-corrected chi connectivity index (χ1v) is 22.7. The van der Waals surface area contributed by atoms with Crippen LogP contribution >= 0.6 is 63.2 Å². The second-order valence-corrected chi connectivity index (χ2v) is 20.6. The maximum absolute atomic E-state index is 10.1. The molecule has 0 aliphatic rings. The van der Waals surface area contributed by atoms with E-state index in [2.05, 4.69) is 83.1 Å². The number of aromatic hydroxyl groups is 4. The van der Waals surface area contributed by atoms with Crippen molar-refractivity contribution in [2.75, 3.05) is 27.1 Å². The van der Waals surface area contributed by atoms with Crippen LogP contribution in [0, 0.1) is 0 Å². The lowest BCUT2D eigenvalue weighted by Crippen LogP contribution is -2.42. The van der Waals surface area contributed by atoms with E-state index in [-0.39, 0.29) is 48.2 Å². The van der Waals surface area contributed by atoms with Crippen molar-refractivity contribution in [2.24, 2.45) is 0 Å². The number of rotatable bonds is 3. The highest BCUT2D eigenvalue weighted by molar-refractivity contribution is 9.69. The average molecular weight is 1150 g/mol. The third-order valence-corrected chi connectivity index (χ3v) is 10.2. The van der Waals surface area contributed by atoms with E-state index in [0.717, 1.165) is 53.2 Å². The maximum Gasteiger partial charge on any atom is 0.374 e. The first-order chi connectivity index (χ1) is 31.7. The molecule has 336 valence electrons. The molecule has 16 nitrogen and oxygen atoms in total. The van der Waals surface area contributed by atoms with Crippen LogP contribution in [0.3, 0.4) is 0 Å². The van der Waals surface area contributed by atoms with Crippen LogP contribution in [0.4, 0.5) is 5.69 Å². The van der Waals surface area contributed by atoms with E-state index in [1.807, 2.05) is 54.6 Å². The fourth-order valence-electron chi connectivity index (χ4n) is 6.43. The van der Waals surface area contributed by atoms with Crippen molar-refractivity contribution in [3.05, 3.63) is 132 Å². The number of fused-ring (bicyclic) bond motifs is 6. The van der Waals surface area contributed by atoms with Crippen molar-refractivity contribution in [1.82, 2.24) is 19.9 Å². The molecule has 0 radical (unpaired) electrons. The SMILES string of the molecule is BrB(Br)Br.COc1cccc(N)c1Br.COc1cccc2nc3c(OC)cccc3nc12.Oc1cccc2c1[n+](O)c1cccc(O)c1[n+]2O.Oc1cccc2nc3c(O)cccc3nc12. The fourth-order valence-corrected chi connectivity index (χ4v) is 6.85. The quantitative estimate of drug-likeness (QED) is 0.0287. The Bertz CT molecular complexity index is 3170. The summed E-state index contributed by atoms with van der Waals surface area (Å²) in [6.07, 6.45) is 0. The molecule has 0 atom stereocenters. The summed E-state index contributed by atoms with van der Waals surface area (Å²) in [6, 6.07) is 35.7. The number of hydrogen-bond acceptors (Lipinski definition) is 14. The van der Waals surface area contributed by atoms with Gasteiger partial charge in [-0.3, -0.25) is 10.4 Å². The molecular weight excluding hydrogens is 1110 g/mol. The van der Waals surface area contributed by atoms with E-state index < -0.39 is 0 Å². The molecule has 3 aromatic heterocycles. The normalized spacial score (nSPS) is 10.5. The van der Waals surface area contributed by atoms with E-state index in [1.165, 1.54) is 36.4 Å². The number of hydrogen-bond donors (Lipinski definition) is 7. The van der Waals surface area contributed by atoms with Crippen LogP contribution in [0.15, 0.2) is 132 Å². The first kappa shape index (κ1) is 48.8. The van der Waals surface area contributed by atoms with Gasteiger partial charge in [-0.1, -0.05) is 42.5 Å². The Morgan fingerprint density at radius 1 is 0.455 bits per heavy atom. The zero-order chi connectivity index (χ0) is 47.7. The van der Waals surface area contributed by atoms with Gasteiger partial charge in [0.15, 0.2) is 0 Å². The molecule has 10 aromatic rings. The van der Waals surface area contributed by atoms with Gasteiger partial charge in [0.25, 0.3) is 0 Å². The van der Waals surface area contributed by atoms with Crippen LogP contribution in [0.1, 0.15) is 0 Å². The summed E-state index contributed by atoms with van der Waals surface area (Å²) in [5.74, 6) is 2.05. The number of aromatic nitrogens is 6. The average Bonchev–Trinajstić information content (AvgIpc) is 3.31. The molecule has 0 fully saturated rings. The van der Waals surface area contributed by atoms with Crippen molar-refractivity contribution >= 4 is 138 Å². The van der Waals surface area contributed by atoms with Gasteiger partial charge in [-0.05, 0) is 88.7 Å². The Hall–Kier alpha value is -6.68. The summed E-state index contributed by atoms with van der Waals surface area (Å²) in [5, 5.41) is 58.9. The second-order valence-electron chi connectivity index (χ2n) is 13.4. The monoisotopic (exact) mass is 1150 g/mol. The van der Waals surface area contributed by atoms with Crippen LogP contribution in [0.2, 0.25) is 0 Å². The smallest absolute Gasteiger partial charge is 0.374 e. The molecule has 0 aliphatic carbocycles. The zero-order valence-electron chi connectivity index (χ0n) is 34.9. The Morgan fingerprint density at radius 3 is 1.14 bits per heavy atom. The van der Waals surface area contributed by atoms with E-state index >= 15 is 0 Å². The summed E-state index contributed by atoms with van der Waals surface area (Å²) in [5.41, 5.74) is 11.9. The third kappa shape index (κ3) is 10.9. The van der Waals surface area contributed by atoms with Crippen LogP contribution in [0.25, 0.3) is 66.2 Å². The zero-order valence-corrected chi connectivity index (χ0v) is 41.2. The van der Waals surface area contributed by atoms with Crippen molar-refractivity contribution in [3.8, 4) is 40.2 Å². The molecule has 10 rings (SSSR count). The number of methoxy groups -OCH3 is 3. The van der Waals surface area contributed by atoms with Crippen molar-refractivity contribution in [2.45, 2.75) is 0 Å². The molecule has 66 heavy (non-hydrogen) atoms. The van der Waals surface area contributed by atoms with Gasteiger partial charge in [0.05, 0.1) is 47.9 Å². The summed E-state index contributed by atoms with van der Waals surface area (Å²) >= 11 is 12.6. The number of benzene rings is 7. The van der Waals surface area contributed by atoms with Crippen molar-refractivity contribution in [1.29, 1.82) is 0 Å². The van der Waals surface area contributed by atoms with Gasteiger partial charge in [-0.25, -0.2) is 19.9 Å². The second kappa shape index (κ2) is 22.0. The molecule has 0 aliphatic heterocycles. The molecule has 0 unspecified atom stereocenters. The maximum atomic E-state index is 10.1.